The molecule has 0 saturated carbocycles. The largest absolute Gasteiger partial charge is 0.432 e. The van der Waals surface area contributed by atoms with Gasteiger partial charge in [-0.15, -0.1) is 0 Å². The second-order valence-electron chi connectivity index (χ2n) is 6.61. The molecule has 9 heteroatoms. The van der Waals surface area contributed by atoms with Crippen molar-refractivity contribution in [1.29, 1.82) is 0 Å². The average Bonchev–Trinajstić information content (AvgIpc) is 3.07. The molecule has 0 aromatic heterocycles. The van der Waals surface area contributed by atoms with Crippen molar-refractivity contribution in [3.05, 3.63) is 23.8 Å². The first-order valence-electron chi connectivity index (χ1n) is 8.19. The summed E-state index contributed by atoms with van der Waals surface area (Å²) < 4.78 is 9.18. The van der Waals surface area contributed by atoms with E-state index in [1.165, 1.54) is 4.90 Å². The van der Waals surface area contributed by atoms with Crippen molar-refractivity contribution in [2.24, 2.45) is 11.7 Å². The number of hydrogen-bond donors (Lipinski definition) is 1. The highest BCUT2D eigenvalue weighted by Crippen LogP contribution is 2.34. The van der Waals surface area contributed by atoms with Gasteiger partial charge in [-0.2, -0.15) is 0 Å². The summed E-state index contributed by atoms with van der Waals surface area (Å²) >= 11 is 0. The third-order valence-corrected chi connectivity index (χ3v) is 4.13. The molecule has 2 aliphatic rings. The van der Waals surface area contributed by atoms with Gasteiger partial charge in [0.2, 0.25) is 12.0 Å². The number of carbonyl (C=O) groups is 4. The highest BCUT2D eigenvalue weighted by molar-refractivity contribution is 6.03. The maximum atomic E-state index is 12.2. The number of esters is 1. The van der Waals surface area contributed by atoms with Crippen LogP contribution in [0.3, 0.4) is 0 Å². The molecule has 2 N–H and O–H groups in total. The van der Waals surface area contributed by atoms with Gasteiger partial charge in [0.25, 0.3) is 0 Å². The summed E-state index contributed by atoms with van der Waals surface area (Å²) in [4.78, 5) is 49.6. The van der Waals surface area contributed by atoms with Crippen molar-refractivity contribution in [3.63, 3.8) is 0 Å². The van der Waals surface area contributed by atoms with Crippen LogP contribution in [0, 0.1) is 5.92 Å². The van der Waals surface area contributed by atoms with E-state index >= 15 is 0 Å². The number of nitrogens with zero attached hydrogens (tertiary/aromatic N) is 2. The molecule has 0 bridgehead atoms. The number of anilines is 2. The Hall–Kier alpha value is -3.10. The van der Waals surface area contributed by atoms with Gasteiger partial charge in [-0.3, -0.25) is 9.69 Å². The van der Waals surface area contributed by atoms with Gasteiger partial charge in [-0.05, 0) is 29.7 Å². The normalized spacial score (nSPS) is 19.0. The van der Waals surface area contributed by atoms with Gasteiger partial charge in [0.1, 0.15) is 0 Å². The van der Waals surface area contributed by atoms with Crippen LogP contribution in [-0.4, -0.2) is 43.3 Å². The Morgan fingerprint density at radius 2 is 2.08 bits per heavy atom. The van der Waals surface area contributed by atoms with Gasteiger partial charge in [0.15, 0.2) is 0 Å². The molecule has 1 aromatic carbocycles. The van der Waals surface area contributed by atoms with E-state index in [9.17, 15) is 19.2 Å². The third-order valence-electron chi connectivity index (χ3n) is 4.13. The van der Waals surface area contributed by atoms with E-state index < -0.39 is 24.3 Å². The molecule has 1 aromatic rings. The fourth-order valence-corrected chi connectivity index (χ4v) is 3.06. The van der Waals surface area contributed by atoms with Crippen molar-refractivity contribution >= 4 is 35.4 Å². The quantitative estimate of drug-likeness (QED) is 0.635. The standard InChI is InChI=1S/C17H19N3O6/c1-9(2)7-20-12-4-3-11(5-10(12)6-14(20)21)19-8-13(25-17(19)24)15(22)26-16(18)23/h3-5,9,13H,6-8H2,1-2H3,(H2,18,23). The Morgan fingerprint density at radius 1 is 1.35 bits per heavy atom. The summed E-state index contributed by atoms with van der Waals surface area (Å²) in [6.07, 6.45) is -2.97. The number of nitrogens with two attached hydrogens (primary N) is 1. The summed E-state index contributed by atoms with van der Waals surface area (Å²) in [5.41, 5.74) is 6.93. The topological polar surface area (TPSA) is 119 Å². The molecule has 3 amide bonds. The fourth-order valence-electron chi connectivity index (χ4n) is 3.06. The van der Waals surface area contributed by atoms with E-state index in [0.29, 0.717) is 18.2 Å². The summed E-state index contributed by atoms with van der Waals surface area (Å²) in [5, 5.41) is 0. The smallest absolute Gasteiger partial charge is 0.415 e. The highest BCUT2D eigenvalue weighted by Gasteiger charge is 2.39. The van der Waals surface area contributed by atoms with Crippen LogP contribution in [-0.2, 0) is 25.5 Å². The minimum Gasteiger partial charge on any atom is -0.432 e. The number of rotatable bonds is 4. The van der Waals surface area contributed by atoms with Crippen LogP contribution < -0.4 is 15.5 Å². The maximum Gasteiger partial charge on any atom is 0.415 e. The minimum absolute atomic E-state index is 0.0118. The molecule has 3 rings (SSSR count). The third kappa shape index (κ3) is 3.32. The number of cyclic esters (lactones) is 1. The van der Waals surface area contributed by atoms with Gasteiger partial charge in [0.05, 0.1) is 13.0 Å². The van der Waals surface area contributed by atoms with Gasteiger partial charge in [-0.1, -0.05) is 13.8 Å². The first-order valence-corrected chi connectivity index (χ1v) is 8.19. The number of ether oxygens (including phenoxy) is 2. The van der Waals surface area contributed by atoms with E-state index in [-0.39, 0.29) is 18.9 Å². The van der Waals surface area contributed by atoms with E-state index in [1.54, 1.807) is 23.1 Å². The van der Waals surface area contributed by atoms with Crippen LogP contribution in [0.25, 0.3) is 0 Å². The Morgan fingerprint density at radius 3 is 2.73 bits per heavy atom. The molecule has 0 radical (unpaired) electrons. The molecular formula is C17H19N3O6. The lowest BCUT2D eigenvalue weighted by molar-refractivity contribution is -0.144. The number of primary amides is 1. The van der Waals surface area contributed by atoms with Gasteiger partial charge >= 0.3 is 18.2 Å². The molecule has 2 aliphatic heterocycles. The van der Waals surface area contributed by atoms with Crippen LogP contribution >= 0.6 is 0 Å². The predicted molar refractivity (Wildman–Crippen MR) is 90.6 cm³/mol. The van der Waals surface area contributed by atoms with Crippen LogP contribution in [0.15, 0.2) is 18.2 Å². The molecule has 2 heterocycles. The van der Waals surface area contributed by atoms with Crippen molar-refractivity contribution in [3.8, 4) is 0 Å². The van der Waals surface area contributed by atoms with E-state index in [4.69, 9.17) is 10.5 Å². The lowest BCUT2D eigenvalue weighted by Crippen LogP contribution is -2.32. The van der Waals surface area contributed by atoms with Crippen molar-refractivity contribution in [2.45, 2.75) is 26.4 Å². The molecule has 0 aliphatic carbocycles. The average molecular weight is 361 g/mol. The Labute approximate surface area is 149 Å². The van der Waals surface area contributed by atoms with Gasteiger partial charge < -0.3 is 20.1 Å². The zero-order valence-electron chi connectivity index (χ0n) is 14.4. The summed E-state index contributed by atoms with van der Waals surface area (Å²) in [6, 6.07) is 5.20. The zero-order chi connectivity index (χ0) is 19.0. The van der Waals surface area contributed by atoms with Crippen LogP contribution in [0.2, 0.25) is 0 Å². The predicted octanol–water partition coefficient (Wildman–Crippen LogP) is 1.18. The second-order valence-corrected chi connectivity index (χ2v) is 6.61. The number of benzene rings is 1. The van der Waals surface area contributed by atoms with Crippen molar-refractivity contribution in [1.82, 2.24) is 0 Å². The number of fused-ring (bicyclic) bond motifs is 1. The van der Waals surface area contributed by atoms with Gasteiger partial charge in [0, 0.05) is 17.9 Å². The van der Waals surface area contributed by atoms with Crippen molar-refractivity contribution < 1.29 is 28.7 Å². The molecule has 1 unspecified atom stereocenters. The van der Waals surface area contributed by atoms with Gasteiger partial charge in [-0.25, -0.2) is 14.4 Å². The van der Waals surface area contributed by atoms with Crippen LogP contribution in [0.4, 0.5) is 21.0 Å². The molecule has 0 spiro atoms. The number of amides is 3. The molecule has 138 valence electrons. The van der Waals surface area contributed by atoms with Crippen molar-refractivity contribution in [2.75, 3.05) is 22.9 Å². The monoisotopic (exact) mass is 361 g/mol. The summed E-state index contributed by atoms with van der Waals surface area (Å²) in [5.74, 6) is -0.680. The zero-order valence-corrected chi connectivity index (χ0v) is 14.4. The SMILES string of the molecule is CC(C)CN1C(=O)Cc2cc(N3CC(C(=O)OC(N)=O)OC3=O)ccc21. The van der Waals surface area contributed by atoms with E-state index in [1.807, 2.05) is 13.8 Å². The summed E-state index contributed by atoms with van der Waals surface area (Å²) in [6.45, 7) is 4.59. The molecule has 1 saturated heterocycles. The first-order chi connectivity index (χ1) is 12.3. The minimum atomic E-state index is -1.26. The lowest BCUT2D eigenvalue weighted by atomic mass is 10.1. The first kappa shape index (κ1) is 17.7. The molecular weight excluding hydrogens is 342 g/mol. The molecule has 26 heavy (non-hydrogen) atoms. The summed E-state index contributed by atoms with van der Waals surface area (Å²) in [7, 11) is 0. The molecule has 1 atom stereocenters. The molecule has 9 nitrogen and oxygen atoms in total. The van der Waals surface area contributed by atoms with E-state index in [0.717, 1.165) is 11.3 Å². The number of carbonyl (C=O) groups excluding carboxylic acids is 4. The second kappa shape index (κ2) is 6.66. The Balaban J connectivity index is 1.78. The highest BCUT2D eigenvalue weighted by atomic mass is 16.6. The maximum absolute atomic E-state index is 12.2. The lowest BCUT2D eigenvalue weighted by Gasteiger charge is -2.20. The van der Waals surface area contributed by atoms with Crippen LogP contribution in [0.5, 0.6) is 0 Å². The number of hydrogen-bond acceptors (Lipinski definition) is 6. The Bertz CT molecular complexity index is 791. The van der Waals surface area contributed by atoms with E-state index in [2.05, 4.69) is 4.74 Å². The Kier molecular flexibility index (Phi) is 4.54. The van der Waals surface area contributed by atoms with Crippen LogP contribution in [0.1, 0.15) is 19.4 Å². The fraction of sp³-hybridized carbons (Fsp3) is 0.412. The molecule has 1 fully saturated rings.